The number of carbonyl (C=O) groups is 1. The van der Waals surface area contributed by atoms with Crippen molar-refractivity contribution in [2.24, 2.45) is 0 Å². The first-order chi connectivity index (χ1) is 11.9. The van der Waals surface area contributed by atoms with Crippen molar-refractivity contribution in [3.63, 3.8) is 0 Å². The van der Waals surface area contributed by atoms with Crippen LogP contribution >= 0.6 is 23.2 Å². The Bertz CT molecular complexity index is 1020. The monoisotopic (exact) mass is 395 g/mol. The molecule has 0 saturated heterocycles. The van der Waals surface area contributed by atoms with Gasteiger partial charge in [-0.1, -0.05) is 41.4 Å². The predicted molar refractivity (Wildman–Crippen MR) is 95.7 cm³/mol. The highest BCUT2D eigenvalue weighted by molar-refractivity contribution is 7.90. The molecule has 6 nitrogen and oxygen atoms in total. The molecule has 0 aliphatic heterocycles. The van der Waals surface area contributed by atoms with E-state index in [1.54, 1.807) is 42.5 Å². The van der Waals surface area contributed by atoms with E-state index in [0.29, 0.717) is 14.8 Å². The van der Waals surface area contributed by atoms with E-state index in [4.69, 9.17) is 23.2 Å². The number of hydrogen-bond donors (Lipinski definition) is 1. The summed E-state index contributed by atoms with van der Waals surface area (Å²) in [6.45, 7) is 0. The fraction of sp³-hybridized carbons (Fsp3) is 0. The number of hydrogen-bond acceptors (Lipinski definition) is 4. The minimum atomic E-state index is -4.05. The molecule has 1 heterocycles. The molecule has 0 radical (unpaired) electrons. The SMILES string of the molecule is O=C(Nc1ccc(Cl)cc1)c1cc(Cl)nn1S(=O)(=O)c1ccccc1. The molecule has 2 aromatic carbocycles. The van der Waals surface area contributed by atoms with E-state index in [-0.39, 0.29) is 15.7 Å². The molecule has 0 aliphatic carbocycles. The van der Waals surface area contributed by atoms with E-state index in [2.05, 4.69) is 10.4 Å². The normalized spacial score (nSPS) is 11.3. The van der Waals surface area contributed by atoms with Gasteiger partial charge in [0.05, 0.1) is 4.90 Å². The zero-order valence-electron chi connectivity index (χ0n) is 12.6. The standard InChI is InChI=1S/C16H11Cl2N3O3S/c17-11-6-8-12(9-7-11)19-16(22)14-10-15(18)20-21(14)25(23,24)13-4-2-1-3-5-13/h1-10H,(H,19,22). The Morgan fingerprint density at radius 3 is 2.28 bits per heavy atom. The molecule has 0 atom stereocenters. The Morgan fingerprint density at radius 2 is 1.64 bits per heavy atom. The number of benzene rings is 2. The second-order valence-corrected chi connectivity index (χ2v) is 7.57. The number of halogens is 2. The minimum absolute atomic E-state index is 0.00434. The zero-order valence-corrected chi connectivity index (χ0v) is 14.9. The first-order valence-electron chi connectivity index (χ1n) is 7.01. The second-order valence-electron chi connectivity index (χ2n) is 4.97. The summed E-state index contributed by atoms with van der Waals surface area (Å²) >= 11 is 11.6. The van der Waals surface area contributed by atoms with Crippen LogP contribution in [0.3, 0.4) is 0 Å². The van der Waals surface area contributed by atoms with E-state index in [0.717, 1.165) is 0 Å². The average molecular weight is 396 g/mol. The largest absolute Gasteiger partial charge is 0.321 e. The van der Waals surface area contributed by atoms with Gasteiger partial charge in [-0.15, -0.1) is 9.19 Å². The minimum Gasteiger partial charge on any atom is -0.321 e. The molecular formula is C16H11Cl2N3O3S. The van der Waals surface area contributed by atoms with Gasteiger partial charge in [-0.05, 0) is 36.4 Å². The smallest absolute Gasteiger partial charge is 0.283 e. The molecule has 9 heteroatoms. The topological polar surface area (TPSA) is 81.1 Å². The molecule has 0 spiro atoms. The van der Waals surface area contributed by atoms with Crippen LogP contribution in [-0.4, -0.2) is 23.5 Å². The van der Waals surface area contributed by atoms with Crippen LogP contribution in [0.5, 0.6) is 0 Å². The highest BCUT2D eigenvalue weighted by Gasteiger charge is 2.26. The molecule has 128 valence electrons. The van der Waals surface area contributed by atoms with E-state index in [1.165, 1.54) is 18.2 Å². The molecule has 1 aromatic heterocycles. The van der Waals surface area contributed by atoms with Crippen LogP contribution in [0.15, 0.2) is 65.6 Å². The Kier molecular flexibility index (Phi) is 4.80. The van der Waals surface area contributed by atoms with Crippen LogP contribution in [-0.2, 0) is 10.0 Å². The number of nitrogens with one attached hydrogen (secondary N) is 1. The van der Waals surface area contributed by atoms with Gasteiger partial charge in [-0.3, -0.25) is 4.79 Å². The van der Waals surface area contributed by atoms with Crippen molar-refractivity contribution < 1.29 is 13.2 Å². The van der Waals surface area contributed by atoms with Crippen molar-refractivity contribution in [3.05, 3.63) is 76.5 Å². The molecule has 0 unspecified atom stereocenters. The van der Waals surface area contributed by atoms with Gasteiger partial charge in [0, 0.05) is 16.8 Å². The third kappa shape index (κ3) is 3.68. The fourth-order valence-electron chi connectivity index (χ4n) is 2.09. The Morgan fingerprint density at radius 1 is 1.00 bits per heavy atom. The lowest BCUT2D eigenvalue weighted by Crippen LogP contribution is -2.23. The summed E-state index contributed by atoms with van der Waals surface area (Å²) in [5, 5.41) is 6.73. The fourth-order valence-corrected chi connectivity index (χ4v) is 3.73. The molecular weight excluding hydrogens is 385 g/mol. The van der Waals surface area contributed by atoms with Gasteiger partial charge in [0.2, 0.25) is 0 Å². The summed E-state index contributed by atoms with van der Waals surface area (Å²) in [6.07, 6.45) is 0. The van der Waals surface area contributed by atoms with Crippen molar-refractivity contribution in [1.82, 2.24) is 9.19 Å². The van der Waals surface area contributed by atoms with Crippen molar-refractivity contribution in [3.8, 4) is 0 Å². The van der Waals surface area contributed by atoms with Crippen LogP contribution < -0.4 is 5.32 Å². The summed E-state index contributed by atoms with van der Waals surface area (Å²) in [7, 11) is -4.05. The third-order valence-corrected chi connectivity index (χ3v) is 5.29. The van der Waals surface area contributed by atoms with Gasteiger partial charge >= 0.3 is 0 Å². The quantitative estimate of drug-likeness (QED) is 0.730. The molecule has 0 saturated carbocycles. The number of amides is 1. The molecule has 3 rings (SSSR count). The second kappa shape index (κ2) is 6.87. The first kappa shape index (κ1) is 17.5. The van der Waals surface area contributed by atoms with E-state index in [9.17, 15) is 13.2 Å². The van der Waals surface area contributed by atoms with E-state index in [1.807, 2.05) is 0 Å². The predicted octanol–water partition coefficient (Wildman–Crippen LogP) is 3.68. The number of carbonyl (C=O) groups excluding carboxylic acids is 1. The molecule has 0 fully saturated rings. The Labute approximate surface area is 154 Å². The highest BCUT2D eigenvalue weighted by Crippen LogP contribution is 2.20. The van der Waals surface area contributed by atoms with Gasteiger partial charge in [-0.25, -0.2) is 0 Å². The number of rotatable bonds is 4. The van der Waals surface area contributed by atoms with Crippen molar-refractivity contribution in [2.45, 2.75) is 4.90 Å². The van der Waals surface area contributed by atoms with Crippen molar-refractivity contribution in [2.75, 3.05) is 5.32 Å². The van der Waals surface area contributed by atoms with Crippen LogP contribution in [0, 0.1) is 0 Å². The summed E-state index contributed by atoms with van der Waals surface area (Å²) in [5.41, 5.74) is 0.249. The summed E-state index contributed by atoms with van der Waals surface area (Å²) in [4.78, 5) is 12.5. The van der Waals surface area contributed by atoms with E-state index >= 15 is 0 Å². The van der Waals surface area contributed by atoms with Gasteiger partial charge in [-0.2, -0.15) is 8.42 Å². The first-order valence-corrected chi connectivity index (χ1v) is 9.20. The Hall–Kier alpha value is -2.35. The maximum atomic E-state index is 12.7. The number of anilines is 1. The van der Waals surface area contributed by atoms with Crippen LogP contribution in [0.4, 0.5) is 5.69 Å². The zero-order chi connectivity index (χ0) is 18.0. The summed E-state index contributed by atoms with van der Waals surface area (Å²) < 4.78 is 26.0. The molecule has 3 aromatic rings. The number of nitrogens with zero attached hydrogens (tertiary/aromatic N) is 2. The van der Waals surface area contributed by atoms with Gasteiger partial charge in [0.25, 0.3) is 15.9 Å². The van der Waals surface area contributed by atoms with Crippen molar-refractivity contribution >= 4 is 44.8 Å². The molecule has 1 N–H and O–H groups in total. The highest BCUT2D eigenvalue weighted by atomic mass is 35.5. The molecule has 1 amide bonds. The molecule has 0 bridgehead atoms. The maximum Gasteiger partial charge on any atom is 0.283 e. The Balaban J connectivity index is 1.98. The van der Waals surface area contributed by atoms with Gasteiger partial charge in [0.1, 0.15) is 5.69 Å². The lowest BCUT2D eigenvalue weighted by atomic mass is 10.3. The molecule has 0 aliphatic rings. The van der Waals surface area contributed by atoms with Gasteiger partial charge in [0.15, 0.2) is 5.15 Å². The lowest BCUT2D eigenvalue weighted by molar-refractivity contribution is 0.102. The van der Waals surface area contributed by atoms with Crippen LogP contribution in [0.2, 0.25) is 10.2 Å². The maximum absolute atomic E-state index is 12.7. The van der Waals surface area contributed by atoms with Crippen molar-refractivity contribution in [1.29, 1.82) is 0 Å². The average Bonchev–Trinajstić information content (AvgIpc) is 3.00. The summed E-state index contributed by atoms with van der Waals surface area (Å²) in [6, 6.07) is 15.2. The van der Waals surface area contributed by atoms with Crippen LogP contribution in [0.1, 0.15) is 10.5 Å². The van der Waals surface area contributed by atoms with E-state index < -0.39 is 15.9 Å². The third-order valence-electron chi connectivity index (χ3n) is 3.25. The molecule has 25 heavy (non-hydrogen) atoms. The lowest BCUT2D eigenvalue weighted by Gasteiger charge is -2.09. The summed E-state index contributed by atoms with van der Waals surface area (Å²) in [5.74, 6) is -0.666. The van der Waals surface area contributed by atoms with Gasteiger partial charge < -0.3 is 5.32 Å². The van der Waals surface area contributed by atoms with Crippen LogP contribution in [0.25, 0.3) is 0 Å². The number of aromatic nitrogens is 2.